The van der Waals surface area contributed by atoms with Crippen LogP contribution < -0.4 is 0 Å². The molecule has 3 heteroatoms. The fourth-order valence-electron chi connectivity index (χ4n) is 3.77. The number of nitrogens with one attached hydrogen (secondary N) is 1. The van der Waals surface area contributed by atoms with Crippen LogP contribution in [0.15, 0.2) is 24.7 Å². The number of H-pyrrole nitrogens is 1. The molecule has 2 heterocycles. The van der Waals surface area contributed by atoms with Crippen LogP contribution in [0.4, 0.5) is 0 Å². The Hall–Kier alpha value is -1.64. The maximum atomic E-state index is 4.56. The van der Waals surface area contributed by atoms with Crippen LogP contribution >= 0.6 is 0 Å². The molecule has 0 aliphatic heterocycles. The van der Waals surface area contributed by atoms with Gasteiger partial charge in [-0.1, -0.05) is 12.5 Å². The molecule has 2 aliphatic rings. The third-order valence-corrected chi connectivity index (χ3v) is 4.59. The van der Waals surface area contributed by atoms with Crippen molar-refractivity contribution in [3.05, 3.63) is 30.4 Å². The number of allylic oxidation sites excluding steroid dienone is 2. The van der Waals surface area contributed by atoms with E-state index in [2.05, 4.69) is 27.1 Å². The van der Waals surface area contributed by atoms with Crippen molar-refractivity contribution in [2.24, 2.45) is 11.8 Å². The van der Waals surface area contributed by atoms with Crippen molar-refractivity contribution < 1.29 is 0 Å². The molecule has 1 N–H and O–H groups in total. The Bertz CT molecular complexity index is 611. The summed E-state index contributed by atoms with van der Waals surface area (Å²) < 4.78 is 0. The molecule has 0 spiro atoms. The Morgan fingerprint density at radius 1 is 1.17 bits per heavy atom. The minimum absolute atomic E-state index is 0.742. The van der Waals surface area contributed by atoms with Crippen molar-refractivity contribution in [2.45, 2.75) is 32.1 Å². The molecule has 2 aliphatic carbocycles. The van der Waals surface area contributed by atoms with Gasteiger partial charge in [0.25, 0.3) is 0 Å². The van der Waals surface area contributed by atoms with E-state index in [0.29, 0.717) is 0 Å². The van der Waals surface area contributed by atoms with E-state index in [1.807, 2.05) is 6.20 Å². The Labute approximate surface area is 106 Å². The Morgan fingerprint density at radius 3 is 3.17 bits per heavy atom. The highest BCUT2D eigenvalue weighted by Gasteiger charge is 2.33. The van der Waals surface area contributed by atoms with Gasteiger partial charge < -0.3 is 4.98 Å². The zero-order valence-electron chi connectivity index (χ0n) is 10.4. The molecule has 4 rings (SSSR count). The van der Waals surface area contributed by atoms with Crippen molar-refractivity contribution in [2.75, 3.05) is 0 Å². The lowest BCUT2D eigenvalue weighted by molar-refractivity contribution is 0.423. The molecular formula is C15H17N3. The fraction of sp³-hybridized carbons (Fsp3) is 0.467. The average molecular weight is 239 g/mol. The smallest absolute Gasteiger partial charge is 0.141 e. The van der Waals surface area contributed by atoms with Gasteiger partial charge >= 0.3 is 0 Å². The second kappa shape index (κ2) is 3.94. The monoisotopic (exact) mass is 239 g/mol. The summed E-state index contributed by atoms with van der Waals surface area (Å²) >= 11 is 0. The minimum atomic E-state index is 0.742. The quantitative estimate of drug-likeness (QED) is 0.826. The number of hydrogen-bond donors (Lipinski definition) is 1. The molecule has 1 fully saturated rings. The number of nitrogens with zero attached hydrogens (tertiary/aromatic N) is 2. The maximum absolute atomic E-state index is 4.56. The highest BCUT2D eigenvalue weighted by Crippen LogP contribution is 2.46. The first kappa shape index (κ1) is 10.3. The first-order chi connectivity index (χ1) is 8.93. The van der Waals surface area contributed by atoms with E-state index >= 15 is 0 Å². The first-order valence-corrected chi connectivity index (χ1v) is 6.92. The molecule has 0 aromatic carbocycles. The standard InChI is InChI=1S/C15H17N3/c1-3-10-4-2-6-12(11(10)5-1)14-13-7-8-16-15(13)18-9-17-14/h6-11H,1-5H2,(H,16,17,18). The molecular weight excluding hydrogens is 222 g/mol. The van der Waals surface area contributed by atoms with E-state index in [1.165, 1.54) is 43.1 Å². The van der Waals surface area contributed by atoms with E-state index in [0.717, 1.165) is 23.2 Å². The number of aromatic nitrogens is 3. The van der Waals surface area contributed by atoms with Crippen LogP contribution in [0.3, 0.4) is 0 Å². The van der Waals surface area contributed by atoms with Crippen LogP contribution in [0.5, 0.6) is 0 Å². The molecule has 0 bridgehead atoms. The molecule has 2 aromatic heterocycles. The predicted molar refractivity (Wildman–Crippen MR) is 71.9 cm³/mol. The summed E-state index contributed by atoms with van der Waals surface area (Å²) in [6.45, 7) is 0. The molecule has 0 amide bonds. The number of fused-ring (bicyclic) bond motifs is 2. The van der Waals surface area contributed by atoms with E-state index in [-0.39, 0.29) is 0 Å². The molecule has 2 unspecified atom stereocenters. The fourth-order valence-corrected chi connectivity index (χ4v) is 3.77. The van der Waals surface area contributed by atoms with Gasteiger partial charge in [0.15, 0.2) is 0 Å². The highest BCUT2D eigenvalue weighted by atomic mass is 14.9. The molecule has 0 radical (unpaired) electrons. The molecule has 2 atom stereocenters. The van der Waals surface area contributed by atoms with E-state index in [9.17, 15) is 0 Å². The molecule has 18 heavy (non-hydrogen) atoms. The van der Waals surface area contributed by atoms with Crippen molar-refractivity contribution >= 4 is 16.6 Å². The van der Waals surface area contributed by atoms with E-state index in [1.54, 1.807) is 6.33 Å². The Morgan fingerprint density at radius 2 is 2.17 bits per heavy atom. The molecule has 3 nitrogen and oxygen atoms in total. The number of aromatic amines is 1. The highest BCUT2D eigenvalue weighted by molar-refractivity contribution is 5.88. The molecule has 1 saturated carbocycles. The van der Waals surface area contributed by atoms with Gasteiger partial charge in [0, 0.05) is 11.6 Å². The summed E-state index contributed by atoms with van der Waals surface area (Å²) in [5.41, 5.74) is 3.61. The zero-order valence-corrected chi connectivity index (χ0v) is 10.4. The lowest BCUT2D eigenvalue weighted by Gasteiger charge is -2.26. The lowest BCUT2D eigenvalue weighted by Crippen LogP contribution is -2.15. The van der Waals surface area contributed by atoms with Crippen LogP contribution in [0.1, 0.15) is 37.8 Å². The summed E-state index contributed by atoms with van der Waals surface area (Å²) in [7, 11) is 0. The van der Waals surface area contributed by atoms with Gasteiger partial charge in [0.2, 0.25) is 0 Å². The van der Waals surface area contributed by atoms with Gasteiger partial charge in [0.05, 0.1) is 5.69 Å². The van der Waals surface area contributed by atoms with Gasteiger partial charge in [-0.2, -0.15) is 0 Å². The number of rotatable bonds is 1. The zero-order chi connectivity index (χ0) is 11.9. The minimum Gasteiger partial charge on any atom is -0.346 e. The van der Waals surface area contributed by atoms with Crippen molar-refractivity contribution in [3.63, 3.8) is 0 Å². The maximum Gasteiger partial charge on any atom is 0.141 e. The van der Waals surface area contributed by atoms with Crippen molar-refractivity contribution in [1.29, 1.82) is 0 Å². The summed E-state index contributed by atoms with van der Waals surface area (Å²) in [5.74, 6) is 1.64. The third kappa shape index (κ3) is 1.43. The molecule has 0 saturated heterocycles. The van der Waals surface area contributed by atoms with E-state index in [4.69, 9.17) is 0 Å². The third-order valence-electron chi connectivity index (χ3n) is 4.59. The first-order valence-electron chi connectivity index (χ1n) is 6.92. The summed E-state index contributed by atoms with van der Waals surface area (Å²) in [5, 5.41) is 1.18. The summed E-state index contributed by atoms with van der Waals surface area (Å²) in [6, 6.07) is 2.10. The van der Waals surface area contributed by atoms with Crippen LogP contribution in [0, 0.1) is 11.8 Å². The Kier molecular flexibility index (Phi) is 2.25. The average Bonchev–Trinajstić information content (AvgIpc) is 3.06. The molecule has 92 valence electrons. The lowest BCUT2D eigenvalue weighted by atomic mass is 9.79. The van der Waals surface area contributed by atoms with Gasteiger partial charge in [-0.25, -0.2) is 9.97 Å². The van der Waals surface area contributed by atoms with Gasteiger partial charge in [-0.3, -0.25) is 0 Å². The van der Waals surface area contributed by atoms with Gasteiger partial charge in [-0.05, 0) is 49.2 Å². The predicted octanol–water partition coefficient (Wildman–Crippen LogP) is 3.55. The van der Waals surface area contributed by atoms with Crippen LogP contribution in [-0.2, 0) is 0 Å². The van der Waals surface area contributed by atoms with E-state index < -0.39 is 0 Å². The largest absolute Gasteiger partial charge is 0.346 e. The second-order valence-electron chi connectivity index (χ2n) is 5.50. The Balaban J connectivity index is 1.86. The van der Waals surface area contributed by atoms with Crippen LogP contribution in [-0.4, -0.2) is 15.0 Å². The topological polar surface area (TPSA) is 41.6 Å². The second-order valence-corrected chi connectivity index (χ2v) is 5.50. The number of hydrogen-bond acceptors (Lipinski definition) is 2. The van der Waals surface area contributed by atoms with Crippen LogP contribution in [0.25, 0.3) is 16.6 Å². The van der Waals surface area contributed by atoms with Crippen LogP contribution in [0.2, 0.25) is 0 Å². The van der Waals surface area contributed by atoms with Crippen molar-refractivity contribution in [3.8, 4) is 0 Å². The van der Waals surface area contributed by atoms with Crippen molar-refractivity contribution in [1.82, 2.24) is 15.0 Å². The molecule has 2 aromatic rings. The van der Waals surface area contributed by atoms with Gasteiger partial charge in [0.1, 0.15) is 12.0 Å². The normalized spacial score (nSPS) is 27.2. The summed E-state index contributed by atoms with van der Waals surface area (Å²) in [6.07, 6.45) is 12.8. The SMILES string of the molecule is C1=C(c2ncnc3[nH]ccc23)C2CCCC2CC1. The summed E-state index contributed by atoms with van der Waals surface area (Å²) in [4.78, 5) is 12.0. The van der Waals surface area contributed by atoms with Gasteiger partial charge in [-0.15, -0.1) is 0 Å².